The van der Waals surface area contributed by atoms with Crippen LogP contribution >= 0.6 is 23.2 Å². The zero-order valence-corrected chi connectivity index (χ0v) is 11.7. The predicted octanol–water partition coefficient (Wildman–Crippen LogP) is 4.44. The van der Waals surface area contributed by atoms with Crippen molar-refractivity contribution in [2.24, 2.45) is 11.7 Å². The van der Waals surface area contributed by atoms with Gasteiger partial charge in [0.05, 0.1) is 0 Å². The molecule has 1 nitrogen and oxygen atoms in total. The largest absolute Gasteiger partial charge is 0.325 e. The molecule has 0 aliphatic heterocycles. The Balaban J connectivity index is 2.19. The topological polar surface area (TPSA) is 26.0 Å². The average molecular weight is 272 g/mol. The SMILES string of the molecule is CC1CCCCC1(N)Cc1ccc(Cl)cc1Cl. The summed E-state index contributed by atoms with van der Waals surface area (Å²) in [7, 11) is 0. The second-order valence-corrected chi connectivity index (χ2v) is 6.14. The van der Waals surface area contributed by atoms with E-state index in [-0.39, 0.29) is 5.54 Å². The molecule has 1 aromatic rings. The number of hydrogen-bond acceptors (Lipinski definition) is 1. The van der Waals surface area contributed by atoms with Gasteiger partial charge in [-0.25, -0.2) is 0 Å². The van der Waals surface area contributed by atoms with E-state index < -0.39 is 0 Å². The van der Waals surface area contributed by atoms with E-state index in [1.54, 1.807) is 6.07 Å². The quantitative estimate of drug-likeness (QED) is 0.846. The van der Waals surface area contributed by atoms with Gasteiger partial charge in [-0.3, -0.25) is 0 Å². The van der Waals surface area contributed by atoms with Crippen molar-refractivity contribution in [3.63, 3.8) is 0 Å². The summed E-state index contributed by atoms with van der Waals surface area (Å²) >= 11 is 12.1. The molecule has 17 heavy (non-hydrogen) atoms. The molecule has 2 unspecified atom stereocenters. The van der Waals surface area contributed by atoms with E-state index in [1.807, 2.05) is 12.1 Å². The first kappa shape index (κ1) is 13.2. The first-order chi connectivity index (χ1) is 8.01. The number of rotatable bonds is 2. The molecule has 0 amide bonds. The molecular formula is C14H19Cl2N. The lowest BCUT2D eigenvalue weighted by molar-refractivity contribution is 0.204. The van der Waals surface area contributed by atoms with Crippen molar-refractivity contribution in [1.82, 2.24) is 0 Å². The zero-order valence-electron chi connectivity index (χ0n) is 10.2. The van der Waals surface area contributed by atoms with E-state index in [4.69, 9.17) is 28.9 Å². The lowest BCUT2D eigenvalue weighted by atomic mass is 9.71. The van der Waals surface area contributed by atoms with Gasteiger partial charge in [-0.2, -0.15) is 0 Å². The summed E-state index contributed by atoms with van der Waals surface area (Å²) in [6.07, 6.45) is 5.69. The molecule has 0 radical (unpaired) electrons. The fraction of sp³-hybridized carbons (Fsp3) is 0.571. The maximum Gasteiger partial charge on any atom is 0.0453 e. The van der Waals surface area contributed by atoms with Crippen LogP contribution in [-0.2, 0) is 6.42 Å². The van der Waals surface area contributed by atoms with E-state index in [2.05, 4.69) is 6.92 Å². The van der Waals surface area contributed by atoms with Crippen molar-refractivity contribution in [2.75, 3.05) is 0 Å². The minimum atomic E-state index is -0.101. The fourth-order valence-corrected chi connectivity index (χ4v) is 3.20. The van der Waals surface area contributed by atoms with Gasteiger partial charge in [0.1, 0.15) is 0 Å². The molecule has 1 saturated carbocycles. The lowest BCUT2D eigenvalue weighted by Gasteiger charge is -2.40. The van der Waals surface area contributed by atoms with E-state index in [9.17, 15) is 0 Å². The van der Waals surface area contributed by atoms with E-state index in [0.29, 0.717) is 10.9 Å². The van der Waals surface area contributed by atoms with Crippen LogP contribution in [0.1, 0.15) is 38.2 Å². The Morgan fingerprint density at radius 1 is 1.35 bits per heavy atom. The van der Waals surface area contributed by atoms with Gasteiger partial charge < -0.3 is 5.73 Å². The monoisotopic (exact) mass is 271 g/mol. The van der Waals surface area contributed by atoms with Crippen molar-refractivity contribution in [3.8, 4) is 0 Å². The first-order valence-corrected chi connectivity index (χ1v) is 7.00. The second-order valence-electron chi connectivity index (χ2n) is 5.29. The Hall–Kier alpha value is -0.240. The molecule has 2 N–H and O–H groups in total. The third-order valence-electron chi connectivity index (χ3n) is 4.05. The standard InChI is InChI=1S/C14H19Cl2N/c1-10-4-2-3-7-14(10,17)9-11-5-6-12(15)8-13(11)16/h5-6,8,10H,2-4,7,9,17H2,1H3. The molecule has 3 heteroatoms. The first-order valence-electron chi connectivity index (χ1n) is 6.24. The van der Waals surface area contributed by atoms with Crippen LogP contribution < -0.4 is 5.73 Å². The lowest BCUT2D eigenvalue weighted by Crippen LogP contribution is -2.50. The summed E-state index contributed by atoms with van der Waals surface area (Å²) in [6.45, 7) is 2.25. The normalized spacial score (nSPS) is 29.3. The summed E-state index contributed by atoms with van der Waals surface area (Å²) in [5, 5.41) is 1.42. The molecular weight excluding hydrogens is 253 g/mol. The maximum absolute atomic E-state index is 6.55. The van der Waals surface area contributed by atoms with Gasteiger partial charge in [-0.05, 0) is 42.9 Å². The molecule has 1 aromatic carbocycles. The highest BCUT2D eigenvalue weighted by Crippen LogP contribution is 2.35. The van der Waals surface area contributed by atoms with Crippen LogP contribution in [0.2, 0.25) is 10.0 Å². The summed E-state index contributed by atoms with van der Waals surface area (Å²) in [5.41, 5.74) is 7.57. The highest BCUT2D eigenvalue weighted by atomic mass is 35.5. The molecule has 0 spiro atoms. The van der Waals surface area contributed by atoms with Crippen LogP contribution in [0.3, 0.4) is 0 Å². The smallest absolute Gasteiger partial charge is 0.0453 e. The van der Waals surface area contributed by atoms with Crippen LogP contribution in [0, 0.1) is 5.92 Å². The highest BCUT2D eigenvalue weighted by molar-refractivity contribution is 6.35. The van der Waals surface area contributed by atoms with Gasteiger partial charge in [0.15, 0.2) is 0 Å². The third kappa shape index (κ3) is 2.96. The number of benzene rings is 1. The highest BCUT2D eigenvalue weighted by Gasteiger charge is 2.34. The van der Waals surface area contributed by atoms with Gasteiger partial charge in [-0.15, -0.1) is 0 Å². The number of halogens is 2. The molecule has 1 aliphatic carbocycles. The van der Waals surface area contributed by atoms with Crippen molar-refractivity contribution in [3.05, 3.63) is 33.8 Å². The Labute approximate surface area is 113 Å². The Morgan fingerprint density at radius 2 is 2.12 bits per heavy atom. The van der Waals surface area contributed by atoms with E-state index in [1.165, 1.54) is 19.3 Å². The minimum absolute atomic E-state index is 0.101. The molecule has 0 bridgehead atoms. The van der Waals surface area contributed by atoms with Crippen LogP contribution in [0.5, 0.6) is 0 Å². The van der Waals surface area contributed by atoms with Gasteiger partial charge in [-0.1, -0.05) is 49.0 Å². The second kappa shape index (κ2) is 5.17. The van der Waals surface area contributed by atoms with E-state index in [0.717, 1.165) is 23.4 Å². The zero-order chi connectivity index (χ0) is 12.5. The van der Waals surface area contributed by atoms with Crippen LogP contribution in [-0.4, -0.2) is 5.54 Å². The summed E-state index contributed by atoms with van der Waals surface area (Å²) in [4.78, 5) is 0. The molecule has 0 heterocycles. The predicted molar refractivity (Wildman–Crippen MR) is 74.7 cm³/mol. The average Bonchev–Trinajstić information content (AvgIpc) is 2.27. The van der Waals surface area contributed by atoms with Crippen molar-refractivity contribution in [1.29, 1.82) is 0 Å². The number of nitrogens with two attached hydrogens (primary N) is 1. The van der Waals surface area contributed by atoms with Gasteiger partial charge in [0, 0.05) is 15.6 Å². The summed E-state index contributed by atoms with van der Waals surface area (Å²) < 4.78 is 0. The third-order valence-corrected chi connectivity index (χ3v) is 4.63. The van der Waals surface area contributed by atoms with Crippen LogP contribution in [0.15, 0.2) is 18.2 Å². The molecule has 1 fully saturated rings. The van der Waals surface area contributed by atoms with Gasteiger partial charge >= 0.3 is 0 Å². The van der Waals surface area contributed by atoms with Crippen molar-refractivity contribution < 1.29 is 0 Å². The fourth-order valence-electron chi connectivity index (χ4n) is 2.72. The molecule has 94 valence electrons. The minimum Gasteiger partial charge on any atom is -0.325 e. The van der Waals surface area contributed by atoms with E-state index >= 15 is 0 Å². The summed E-state index contributed by atoms with van der Waals surface area (Å²) in [5.74, 6) is 0.558. The molecule has 0 saturated heterocycles. The molecule has 1 aliphatic rings. The molecule has 0 aromatic heterocycles. The molecule has 2 rings (SSSR count). The Bertz CT molecular complexity index is 405. The van der Waals surface area contributed by atoms with Crippen molar-refractivity contribution in [2.45, 2.75) is 44.6 Å². The van der Waals surface area contributed by atoms with Gasteiger partial charge in [0.2, 0.25) is 0 Å². The van der Waals surface area contributed by atoms with Crippen LogP contribution in [0.4, 0.5) is 0 Å². The summed E-state index contributed by atoms with van der Waals surface area (Å²) in [6, 6.07) is 5.69. The number of hydrogen-bond donors (Lipinski definition) is 1. The maximum atomic E-state index is 6.55. The Morgan fingerprint density at radius 3 is 2.76 bits per heavy atom. The molecule has 2 atom stereocenters. The Kier molecular flexibility index (Phi) is 4.02. The van der Waals surface area contributed by atoms with Gasteiger partial charge in [0.25, 0.3) is 0 Å². The van der Waals surface area contributed by atoms with Crippen LogP contribution in [0.25, 0.3) is 0 Å². The van der Waals surface area contributed by atoms with Crippen molar-refractivity contribution >= 4 is 23.2 Å².